The average molecular weight is 382 g/mol. The van der Waals surface area contributed by atoms with Gasteiger partial charge in [0.15, 0.2) is 6.10 Å². The highest BCUT2D eigenvalue weighted by molar-refractivity contribution is 6.35. The van der Waals surface area contributed by atoms with E-state index in [1.807, 2.05) is 0 Å². The van der Waals surface area contributed by atoms with E-state index in [2.05, 4.69) is 5.32 Å². The summed E-state index contributed by atoms with van der Waals surface area (Å²) in [6, 6.07) is 8.05. The molecule has 0 aliphatic carbocycles. The molecule has 0 aliphatic rings. The Morgan fingerprint density at radius 1 is 1.24 bits per heavy atom. The third-order valence-corrected chi connectivity index (χ3v) is 3.94. The Labute approximate surface area is 155 Å². The number of halogens is 2. The van der Waals surface area contributed by atoms with Gasteiger partial charge in [-0.15, -0.1) is 0 Å². The molecule has 0 bridgehead atoms. The highest BCUT2D eigenvalue weighted by Gasteiger charge is 2.20. The van der Waals surface area contributed by atoms with Crippen molar-refractivity contribution in [3.8, 4) is 0 Å². The fourth-order valence-electron chi connectivity index (χ4n) is 2.06. The van der Waals surface area contributed by atoms with E-state index in [1.165, 1.54) is 25.3 Å². The van der Waals surface area contributed by atoms with Crippen LogP contribution in [0.3, 0.4) is 0 Å². The van der Waals surface area contributed by atoms with Crippen molar-refractivity contribution in [2.24, 2.45) is 0 Å². The summed E-state index contributed by atoms with van der Waals surface area (Å²) in [5, 5.41) is 3.71. The van der Waals surface area contributed by atoms with Gasteiger partial charge >= 0.3 is 5.97 Å². The van der Waals surface area contributed by atoms with Crippen molar-refractivity contribution in [2.45, 2.75) is 26.0 Å². The summed E-state index contributed by atoms with van der Waals surface area (Å²) >= 11 is 12.0. The monoisotopic (exact) mass is 381 g/mol. The van der Waals surface area contributed by atoms with E-state index in [4.69, 9.17) is 32.4 Å². The lowest BCUT2D eigenvalue weighted by Crippen LogP contribution is -2.37. The van der Waals surface area contributed by atoms with Gasteiger partial charge in [0.1, 0.15) is 5.76 Å². The van der Waals surface area contributed by atoms with Crippen LogP contribution >= 0.6 is 23.2 Å². The number of furan rings is 1. The molecule has 0 fully saturated rings. The number of rotatable bonds is 6. The molecule has 1 N–H and O–H groups in total. The van der Waals surface area contributed by atoms with Crippen LogP contribution in [0.2, 0.25) is 10.0 Å². The van der Waals surface area contributed by atoms with E-state index < -0.39 is 18.0 Å². The summed E-state index contributed by atoms with van der Waals surface area (Å²) in [5.74, 6) is -0.561. The number of hydrogen-bond acceptors (Lipinski definition) is 4. The zero-order valence-corrected chi connectivity index (χ0v) is 15.2. The van der Waals surface area contributed by atoms with Crippen LogP contribution in [0.5, 0.6) is 0 Å². The Balaban J connectivity index is 1.89. The zero-order valence-electron chi connectivity index (χ0n) is 13.7. The first-order valence-electron chi connectivity index (χ1n) is 7.54. The molecule has 25 heavy (non-hydrogen) atoms. The van der Waals surface area contributed by atoms with E-state index in [1.54, 1.807) is 37.3 Å². The molecule has 0 saturated carbocycles. The van der Waals surface area contributed by atoms with Gasteiger partial charge in [0.05, 0.1) is 12.3 Å². The van der Waals surface area contributed by atoms with Crippen molar-refractivity contribution in [2.75, 3.05) is 0 Å². The Bertz CT molecular complexity index is 771. The van der Waals surface area contributed by atoms with Gasteiger partial charge in [0, 0.05) is 16.1 Å². The third kappa shape index (κ3) is 5.66. The van der Waals surface area contributed by atoms with E-state index in [0.717, 1.165) is 5.56 Å². The third-order valence-electron chi connectivity index (χ3n) is 3.38. The molecule has 132 valence electrons. The highest BCUT2D eigenvalue weighted by Crippen LogP contribution is 2.26. The summed E-state index contributed by atoms with van der Waals surface area (Å²) in [4.78, 5) is 23.9. The predicted octanol–water partition coefficient (Wildman–Crippen LogP) is 4.41. The van der Waals surface area contributed by atoms with Crippen molar-refractivity contribution in [1.82, 2.24) is 5.32 Å². The van der Waals surface area contributed by atoms with Crippen LogP contribution in [0.15, 0.2) is 47.1 Å². The number of nitrogens with one attached hydrogen (secondary N) is 1. The van der Waals surface area contributed by atoms with Gasteiger partial charge in [-0.2, -0.15) is 0 Å². The average Bonchev–Trinajstić information content (AvgIpc) is 3.06. The van der Waals surface area contributed by atoms with E-state index in [0.29, 0.717) is 15.8 Å². The Morgan fingerprint density at radius 2 is 2.00 bits per heavy atom. The van der Waals surface area contributed by atoms with Gasteiger partial charge in [-0.05, 0) is 49.8 Å². The molecule has 7 heteroatoms. The number of carbonyl (C=O) groups excluding carboxylic acids is 2. The van der Waals surface area contributed by atoms with Crippen molar-refractivity contribution in [1.29, 1.82) is 0 Å². The Morgan fingerprint density at radius 3 is 2.64 bits per heavy atom. The second-order valence-electron chi connectivity index (χ2n) is 5.32. The smallest absolute Gasteiger partial charge is 0.331 e. The number of hydrogen-bond donors (Lipinski definition) is 1. The maximum absolute atomic E-state index is 12.2. The van der Waals surface area contributed by atoms with E-state index >= 15 is 0 Å². The van der Waals surface area contributed by atoms with Crippen LogP contribution in [0.4, 0.5) is 0 Å². The minimum Gasteiger partial charge on any atom is -0.465 e. The maximum atomic E-state index is 12.2. The lowest BCUT2D eigenvalue weighted by atomic mass is 10.1. The Kier molecular flexibility index (Phi) is 6.67. The molecule has 2 rings (SSSR count). The summed E-state index contributed by atoms with van der Waals surface area (Å²) in [7, 11) is 0. The standard InChI is InChI=1S/C18H17Cl2NO4/c1-11(15-7-5-13(19)10-16(15)20)21-18(23)12(2)25-17(22)8-6-14-4-3-9-24-14/h3-12H,1-2H3,(H,21,23)/b8-6+/t11-,12-/m1/s1. The highest BCUT2D eigenvalue weighted by atomic mass is 35.5. The van der Waals surface area contributed by atoms with Gasteiger partial charge in [0.25, 0.3) is 5.91 Å². The molecule has 0 aliphatic heterocycles. The minimum absolute atomic E-state index is 0.364. The molecular formula is C18H17Cl2NO4. The summed E-state index contributed by atoms with van der Waals surface area (Å²) < 4.78 is 10.1. The second-order valence-corrected chi connectivity index (χ2v) is 6.17. The number of amides is 1. The van der Waals surface area contributed by atoms with E-state index in [9.17, 15) is 9.59 Å². The largest absolute Gasteiger partial charge is 0.465 e. The molecule has 1 aromatic carbocycles. The van der Waals surface area contributed by atoms with Crippen LogP contribution in [-0.2, 0) is 14.3 Å². The summed E-state index contributed by atoms with van der Waals surface area (Å²) in [6.45, 7) is 3.27. The fraction of sp³-hybridized carbons (Fsp3) is 0.222. The fourth-order valence-corrected chi connectivity index (χ4v) is 2.64. The summed E-state index contributed by atoms with van der Waals surface area (Å²) in [5.41, 5.74) is 0.718. The van der Waals surface area contributed by atoms with E-state index in [-0.39, 0.29) is 6.04 Å². The first-order chi connectivity index (χ1) is 11.9. The Hall–Kier alpha value is -2.24. The second kappa shape index (κ2) is 8.74. The molecule has 1 heterocycles. The first kappa shape index (κ1) is 19.1. The van der Waals surface area contributed by atoms with Gasteiger partial charge in [-0.1, -0.05) is 29.3 Å². The van der Waals surface area contributed by atoms with Gasteiger partial charge < -0.3 is 14.5 Å². The maximum Gasteiger partial charge on any atom is 0.331 e. The number of esters is 1. The number of carbonyl (C=O) groups is 2. The summed E-state index contributed by atoms with van der Waals surface area (Å²) in [6.07, 6.45) is 3.19. The van der Waals surface area contributed by atoms with Gasteiger partial charge in [0.2, 0.25) is 0 Å². The number of benzene rings is 1. The zero-order chi connectivity index (χ0) is 18.4. The molecule has 0 spiro atoms. The molecular weight excluding hydrogens is 365 g/mol. The molecule has 5 nitrogen and oxygen atoms in total. The molecule has 1 amide bonds. The molecule has 2 aromatic rings. The van der Waals surface area contributed by atoms with Crippen LogP contribution in [0.1, 0.15) is 31.2 Å². The first-order valence-corrected chi connectivity index (χ1v) is 8.30. The normalized spacial score (nSPS) is 13.4. The predicted molar refractivity (Wildman–Crippen MR) is 96.3 cm³/mol. The van der Waals surface area contributed by atoms with Crippen molar-refractivity contribution in [3.63, 3.8) is 0 Å². The van der Waals surface area contributed by atoms with Crippen molar-refractivity contribution in [3.05, 3.63) is 64.0 Å². The molecule has 0 saturated heterocycles. The van der Waals surface area contributed by atoms with Crippen LogP contribution in [0, 0.1) is 0 Å². The minimum atomic E-state index is -0.956. The van der Waals surface area contributed by atoms with Crippen LogP contribution < -0.4 is 5.32 Å². The topological polar surface area (TPSA) is 68.5 Å². The lowest BCUT2D eigenvalue weighted by molar-refractivity contribution is -0.150. The van der Waals surface area contributed by atoms with Gasteiger partial charge in [-0.3, -0.25) is 4.79 Å². The quantitative estimate of drug-likeness (QED) is 0.594. The van der Waals surface area contributed by atoms with Gasteiger partial charge in [-0.25, -0.2) is 4.79 Å². The van der Waals surface area contributed by atoms with Crippen molar-refractivity contribution < 1.29 is 18.7 Å². The SMILES string of the molecule is C[C@@H](OC(=O)/C=C/c1ccco1)C(=O)N[C@H](C)c1ccc(Cl)cc1Cl. The molecule has 1 aromatic heterocycles. The molecule has 0 unspecified atom stereocenters. The van der Waals surface area contributed by atoms with Crippen LogP contribution in [-0.4, -0.2) is 18.0 Å². The molecule has 0 radical (unpaired) electrons. The lowest BCUT2D eigenvalue weighted by Gasteiger charge is -2.19. The van der Waals surface area contributed by atoms with Crippen LogP contribution in [0.25, 0.3) is 6.08 Å². The van der Waals surface area contributed by atoms with Crippen molar-refractivity contribution >= 4 is 41.2 Å². The number of ether oxygens (including phenoxy) is 1. The molecule has 2 atom stereocenters.